The van der Waals surface area contributed by atoms with Crippen molar-refractivity contribution in [2.45, 2.75) is 46.1 Å². The van der Waals surface area contributed by atoms with Gasteiger partial charge in [-0.2, -0.15) is 0 Å². The Bertz CT molecular complexity index is 749. The molecule has 0 spiro atoms. The van der Waals surface area contributed by atoms with Crippen LogP contribution in [0.5, 0.6) is 5.75 Å². The second-order valence-corrected chi connectivity index (χ2v) is 10.4. The zero-order valence-corrected chi connectivity index (χ0v) is 21.8. The number of para-hydroxylation sites is 1. The average molecular weight is 457 g/mol. The van der Waals surface area contributed by atoms with Gasteiger partial charge in [0.1, 0.15) is 24.4 Å². The molecule has 0 unspecified atom stereocenters. The van der Waals surface area contributed by atoms with Crippen LogP contribution in [0.1, 0.15) is 46.1 Å². The Kier molecular flexibility index (Phi) is 11.4. The molecule has 0 bridgehead atoms. The maximum Gasteiger partial charge on any atom is 0.125 e. The van der Waals surface area contributed by atoms with E-state index in [1.54, 1.807) is 0 Å². The molecular weight excluding hydrogens is 410 g/mol. The van der Waals surface area contributed by atoms with E-state index < -0.39 is 0 Å². The van der Waals surface area contributed by atoms with Gasteiger partial charge in [-0.25, -0.2) is 0 Å². The number of ether oxygens (including phenoxy) is 3. The van der Waals surface area contributed by atoms with Gasteiger partial charge in [-0.3, -0.25) is 0 Å². The number of likely N-dealkylation sites (N-methyl/N-ethyl adjacent to an activating group) is 1. The largest absolute Gasteiger partial charge is 0.491 e. The quantitative estimate of drug-likeness (QED) is 0.224. The van der Waals surface area contributed by atoms with E-state index in [4.69, 9.17) is 14.2 Å². The van der Waals surface area contributed by atoms with E-state index in [-0.39, 0.29) is 5.54 Å². The highest BCUT2D eigenvalue weighted by atomic mass is 16.5. The second-order valence-electron chi connectivity index (χ2n) is 10.4. The molecule has 0 aromatic heterocycles. The summed E-state index contributed by atoms with van der Waals surface area (Å²) in [5, 5.41) is 0. The lowest BCUT2D eigenvalue weighted by molar-refractivity contribution is -0.952. The van der Waals surface area contributed by atoms with E-state index in [9.17, 15) is 0 Å². The molecule has 0 fully saturated rings. The zero-order chi connectivity index (χ0) is 24.2. The van der Waals surface area contributed by atoms with Gasteiger partial charge in [-0.15, -0.1) is 0 Å². The van der Waals surface area contributed by atoms with Gasteiger partial charge < -0.3 is 18.7 Å². The molecule has 4 nitrogen and oxygen atoms in total. The van der Waals surface area contributed by atoms with Crippen molar-refractivity contribution in [1.82, 2.24) is 0 Å². The standard InChI is InChI=1S/C29H46NO3/c1-25(2)23-29(24-26(3)4,27-13-9-7-10-14-27)30(5,6)17-18-31-19-20-32-21-22-33-28-15-11-8-12-16-28/h7-16,25-26H,17-24H2,1-6H3/q+1. The first-order chi connectivity index (χ1) is 15.8. The van der Waals surface area contributed by atoms with Crippen molar-refractivity contribution in [3.8, 4) is 5.75 Å². The number of hydrogen-bond donors (Lipinski definition) is 0. The van der Waals surface area contributed by atoms with Gasteiger partial charge >= 0.3 is 0 Å². The van der Waals surface area contributed by atoms with E-state index in [2.05, 4.69) is 72.1 Å². The van der Waals surface area contributed by atoms with Crippen LogP contribution in [0.3, 0.4) is 0 Å². The van der Waals surface area contributed by atoms with Gasteiger partial charge in [0.05, 0.1) is 40.5 Å². The minimum Gasteiger partial charge on any atom is -0.491 e. The number of hydrogen-bond acceptors (Lipinski definition) is 3. The molecule has 2 rings (SSSR count). The number of quaternary nitrogens is 1. The van der Waals surface area contributed by atoms with Crippen LogP contribution in [-0.4, -0.2) is 58.2 Å². The summed E-state index contributed by atoms with van der Waals surface area (Å²) in [6.45, 7) is 13.4. The molecule has 184 valence electrons. The summed E-state index contributed by atoms with van der Waals surface area (Å²) in [6.07, 6.45) is 2.32. The minimum atomic E-state index is 0.0677. The number of benzene rings is 2. The van der Waals surface area contributed by atoms with Crippen LogP contribution in [0.2, 0.25) is 0 Å². The monoisotopic (exact) mass is 456 g/mol. The molecular formula is C29H46NO3+. The summed E-state index contributed by atoms with van der Waals surface area (Å²) in [5.41, 5.74) is 1.51. The summed E-state index contributed by atoms with van der Waals surface area (Å²) in [4.78, 5) is 0. The Morgan fingerprint density at radius 2 is 1.15 bits per heavy atom. The Hall–Kier alpha value is -1.88. The van der Waals surface area contributed by atoms with Gasteiger partial charge in [-0.05, 0) is 24.0 Å². The zero-order valence-electron chi connectivity index (χ0n) is 21.8. The topological polar surface area (TPSA) is 27.7 Å². The molecule has 0 atom stereocenters. The fourth-order valence-electron chi connectivity index (χ4n) is 4.83. The molecule has 33 heavy (non-hydrogen) atoms. The SMILES string of the molecule is CC(C)CC(CC(C)C)(c1ccccc1)[N+](C)(C)CCOCCOCCOc1ccccc1. The van der Waals surface area contributed by atoms with Crippen LogP contribution in [0.15, 0.2) is 60.7 Å². The van der Waals surface area contributed by atoms with Gasteiger partial charge in [-0.1, -0.05) is 76.2 Å². The van der Waals surface area contributed by atoms with E-state index in [1.807, 2.05) is 30.3 Å². The van der Waals surface area contributed by atoms with Crippen LogP contribution >= 0.6 is 0 Å². The van der Waals surface area contributed by atoms with Gasteiger partial charge in [0.2, 0.25) is 0 Å². The van der Waals surface area contributed by atoms with Crippen LogP contribution in [-0.2, 0) is 15.0 Å². The maximum absolute atomic E-state index is 5.99. The summed E-state index contributed by atoms with van der Waals surface area (Å²) in [6, 6.07) is 20.9. The molecule has 0 aliphatic carbocycles. The van der Waals surface area contributed by atoms with E-state index in [0.717, 1.165) is 36.2 Å². The molecule has 2 aromatic carbocycles. The summed E-state index contributed by atoms with van der Waals surface area (Å²) >= 11 is 0. The third-order valence-corrected chi connectivity index (χ3v) is 6.37. The predicted octanol–water partition coefficient (Wildman–Crippen LogP) is 6.16. The van der Waals surface area contributed by atoms with E-state index in [1.165, 1.54) is 5.56 Å². The molecule has 0 amide bonds. The molecule has 0 aliphatic heterocycles. The van der Waals surface area contributed by atoms with Crippen molar-refractivity contribution in [3.05, 3.63) is 66.2 Å². The highest BCUT2D eigenvalue weighted by molar-refractivity contribution is 5.23. The van der Waals surface area contributed by atoms with Crippen molar-refractivity contribution in [3.63, 3.8) is 0 Å². The van der Waals surface area contributed by atoms with Crippen LogP contribution in [0.25, 0.3) is 0 Å². The summed E-state index contributed by atoms with van der Waals surface area (Å²) < 4.78 is 18.2. The summed E-state index contributed by atoms with van der Waals surface area (Å²) in [5.74, 6) is 2.12. The fourth-order valence-corrected chi connectivity index (χ4v) is 4.83. The molecule has 2 aromatic rings. The first-order valence-corrected chi connectivity index (χ1v) is 12.5. The lowest BCUT2D eigenvalue weighted by Crippen LogP contribution is -2.59. The highest BCUT2D eigenvalue weighted by Crippen LogP contribution is 2.43. The Labute approximate surface area is 202 Å². The molecule has 0 heterocycles. The lowest BCUT2D eigenvalue weighted by atomic mass is 9.74. The van der Waals surface area contributed by atoms with E-state index >= 15 is 0 Å². The van der Waals surface area contributed by atoms with Crippen LogP contribution in [0.4, 0.5) is 0 Å². The van der Waals surface area contributed by atoms with Crippen molar-refractivity contribution in [1.29, 1.82) is 0 Å². The van der Waals surface area contributed by atoms with Gasteiger partial charge in [0.15, 0.2) is 0 Å². The highest BCUT2D eigenvalue weighted by Gasteiger charge is 2.47. The smallest absolute Gasteiger partial charge is 0.125 e. The normalized spacial score (nSPS) is 12.5. The Balaban J connectivity index is 1.84. The third kappa shape index (κ3) is 8.77. The fraction of sp³-hybridized carbons (Fsp3) is 0.586. The average Bonchev–Trinajstić information content (AvgIpc) is 2.78. The van der Waals surface area contributed by atoms with Gasteiger partial charge in [0, 0.05) is 18.4 Å². The van der Waals surface area contributed by atoms with Crippen molar-refractivity contribution in [2.75, 3.05) is 53.7 Å². The first-order valence-electron chi connectivity index (χ1n) is 12.5. The maximum atomic E-state index is 5.99. The van der Waals surface area contributed by atoms with Crippen molar-refractivity contribution < 1.29 is 18.7 Å². The van der Waals surface area contributed by atoms with Crippen molar-refractivity contribution in [2.24, 2.45) is 11.8 Å². The number of rotatable bonds is 16. The van der Waals surface area contributed by atoms with E-state index in [0.29, 0.717) is 38.3 Å². The third-order valence-electron chi connectivity index (χ3n) is 6.37. The molecule has 0 N–H and O–H groups in total. The molecule has 0 aliphatic rings. The molecule has 0 radical (unpaired) electrons. The van der Waals surface area contributed by atoms with Crippen molar-refractivity contribution >= 4 is 0 Å². The predicted molar refractivity (Wildman–Crippen MR) is 138 cm³/mol. The summed E-state index contributed by atoms with van der Waals surface area (Å²) in [7, 11) is 4.75. The Morgan fingerprint density at radius 1 is 0.667 bits per heavy atom. The van der Waals surface area contributed by atoms with Crippen LogP contribution < -0.4 is 4.74 Å². The van der Waals surface area contributed by atoms with Crippen LogP contribution in [0, 0.1) is 11.8 Å². The number of nitrogens with zero attached hydrogens (tertiary/aromatic N) is 1. The molecule has 4 heteroatoms. The Morgan fingerprint density at radius 3 is 1.70 bits per heavy atom. The molecule has 0 saturated carbocycles. The first kappa shape index (κ1) is 27.4. The molecule has 0 saturated heterocycles. The second kappa shape index (κ2) is 13.7. The minimum absolute atomic E-state index is 0.0677. The van der Waals surface area contributed by atoms with Gasteiger partial charge in [0.25, 0.3) is 0 Å². The lowest BCUT2D eigenvalue weighted by Gasteiger charge is -2.51.